The molecule has 0 saturated carbocycles. The zero-order chi connectivity index (χ0) is 16.9. The molecule has 5 nitrogen and oxygen atoms in total. The Morgan fingerprint density at radius 3 is 2.62 bits per heavy atom. The van der Waals surface area contributed by atoms with Gasteiger partial charge in [0.2, 0.25) is 5.91 Å². The van der Waals surface area contributed by atoms with Crippen LogP contribution in [0.15, 0.2) is 54.6 Å². The Hall–Kier alpha value is -2.66. The summed E-state index contributed by atoms with van der Waals surface area (Å²) in [6.07, 6.45) is 0. The molecule has 124 valence electrons. The van der Waals surface area contributed by atoms with Gasteiger partial charge in [-0.05, 0) is 24.6 Å². The van der Waals surface area contributed by atoms with E-state index >= 15 is 0 Å². The summed E-state index contributed by atoms with van der Waals surface area (Å²) in [4.78, 5) is 16.6. The Bertz CT molecular complexity index is 827. The standard InChI is InChI=1S/C19H21N3O2/c1-14(20-18(23)13-24-2)19-21-16-10-6-7-11-17(16)22(19)12-15-8-4-3-5-9-15/h3-11,14H,12-13H2,1-2H3,(H,20,23). The van der Waals surface area contributed by atoms with Gasteiger partial charge in [0.15, 0.2) is 0 Å². The molecule has 0 fully saturated rings. The van der Waals surface area contributed by atoms with E-state index in [1.807, 2.05) is 43.3 Å². The molecule has 2 aromatic carbocycles. The Morgan fingerprint density at radius 1 is 1.17 bits per heavy atom. The van der Waals surface area contributed by atoms with Crippen LogP contribution in [0.5, 0.6) is 0 Å². The maximum atomic E-state index is 11.8. The van der Waals surface area contributed by atoms with Gasteiger partial charge in [0, 0.05) is 13.7 Å². The van der Waals surface area contributed by atoms with E-state index in [1.165, 1.54) is 12.7 Å². The summed E-state index contributed by atoms with van der Waals surface area (Å²) in [6.45, 7) is 2.70. The monoisotopic (exact) mass is 323 g/mol. The van der Waals surface area contributed by atoms with Gasteiger partial charge in [0.25, 0.3) is 0 Å². The molecule has 3 rings (SSSR count). The number of ether oxygens (including phenoxy) is 1. The van der Waals surface area contributed by atoms with Crippen molar-refractivity contribution < 1.29 is 9.53 Å². The molecule has 0 spiro atoms. The number of fused-ring (bicyclic) bond motifs is 1. The van der Waals surface area contributed by atoms with Crippen molar-refractivity contribution in [3.63, 3.8) is 0 Å². The lowest BCUT2D eigenvalue weighted by Gasteiger charge is -2.16. The van der Waals surface area contributed by atoms with Gasteiger partial charge in [0.1, 0.15) is 12.4 Å². The van der Waals surface area contributed by atoms with E-state index in [0.29, 0.717) is 6.54 Å². The quantitative estimate of drug-likeness (QED) is 0.759. The Labute approximate surface area is 141 Å². The molecule has 0 radical (unpaired) electrons. The molecule has 1 aromatic heterocycles. The van der Waals surface area contributed by atoms with E-state index in [0.717, 1.165) is 16.9 Å². The van der Waals surface area contributed by atoms with Crippen LogP contribution in [0, 0.1) is 0 Å². The third-order valence-corrected chi connectivity index (χ3v) is 3.91. The minimum atomic E-state index is -0.205. The maximum absolute atomic E-state index is 11.8. The summed E-state index contributed by atoms with van der Waals surface area (Å²) in [5.41, 5.74) is 3.18. The number of para-hydroxylation sites is 2. The predicted molar refractivity (Wildman–Crippen MR) is 93.7 cm³/mol. The van der Waals surface area contributed by atoms with Crippen LogP contribution in [0.25, 0.3) is 11.0 Å². The first-order chi connectivity index (χ1) is 11.7. The summed E-state index contributed by atoms with van der Waals surface area (Å²) in [7, 11) is 1.51. The zero-order valence-corrected chi connectivity index (χ0v) is 13.9. The van der Waals surface area contributed by atoms with Gasteiger partial charge < -0.3 is 14.6 Å². The van der Waals surface area contributed by atoms with E-state index in [-0.39, 0.29) is 18.6 Å². The van der Waals surface area contributed by atoms with Crippen molar-refractivity contribution in [3.05, 3.63) is 66.0 Å². The lowest BCUT2D eigenvalue weighted by Crippen LogP contribution is -2.31. The summed E-state index contributed by atoms with van der Waals surface area (Å²) in [5, 5.41) is 2.94. The molecule has 3 aromatic rings. The largest absolute Gasteiger partial charge is 0.375 e. The first-order valence-corrected chi connectivity index (χ1v) is 7.96. The lowest BCUT2D eigenvalue weighted by atomic mass is 10.2. The number of imidazole rings is 1. The normalized spacial score (nSPS) is 12.2. The van der Waals surface area contributed by atoms with Gasteiger partial charge in [-0.15, -0.1) is 0 Å². The van der Waals surface area contributed by atoms with Crippen molar-refractivity contribution in [2.75, 3.05) is 13.7 Å². The fourth-order valence-electron chi connectivity index (χ4n) is 2.84. The number of rotatable bonds is 6. The summed E-state index contributed by atoms with van der Waals surface area (Å²) in [5.74, 6) is 0.688. The van der Waals surface area contributed by atoms with Gasteiger partial charge in [-0.25, -0.2) is 4.98 Å². The fourth-order valence-corrected chi connectivity index (χ4v) is 2.84. The Kier molecular flexibility index (Phi) is 4.91. The highest BCUT2D eigenvalue weighted by Gasteiger charge is 2.18. The number of amides is 1. The average Bonchev–Trinajstić information content (AvgIpc) is 2.95. The van der Waals surface area contributed by atoms with E-state index in [9.17, 15) is 4.79 Å². The van der Waals surface area contributed by atoms with Gasteiger partial charge in [-0.3, -0.25) is 4.79 Å². The lowest BCUT2D eigenvalue weighted by molar-refractivity contribution is -0.125. The molecule has 1 unspecified atom stereocenters. The molecule has 5 heteroatoms. The number of carbonyl (C=O) groups excluding carboxylic acids is 1. The van der Waals surface area contributed by atoms with E-state index in [4.69, 9.17) is 9.72 Å². The summed E-state index contributed by atoms with van der Waals surface area (Å²) >= 11 is 0. The van der Waals surface area contributed by atoms with Crippen molar-refractivity contribution in [3.8, 4) is 0 Å². The van der Waals surface area contributed by atoms with Crippen molar-refractivity contribution in [2.24, 2.45) is 0 Å². The summed E-state index contributed by atoms with van der Waals surface area (Å²) < 4.78 is 7.04. The molecule has 1 amide bonds. The number of nitrogens with one attached hydrogen (secondary N) is 1. The van der Waals surface area contributed by atoms with E-state index in [1.54, 1.807) is 0 Å². The highest BCUT2D eigenvalue weighted by molar-refractivity contribution is 5.78. The van der Waals surface area contributed by atoms with E-state index in [2.05, 4.69) is 28.1 Å². The van der Waals surface area contributed by atoms with Crippen molar-refractivity contribution in [2.45, 2.75) is 19.5 Å². The Balaban J connectivity index is 1.97. The zero-order valence-electron chi connectivity index (χ0n) is 13.9. The third-order valence-electron chi connectivity index (χ3n) is 3.91. The van der Waals surface area contributed by atoms with Gasteiger partial charge in [-0.2, -0.15) is 0 Å². The molecule has 0 saturated heterocycles. The number of carbonyl (C=O) groups is 1. The first kappa shape index (κ1) is 16.2. The van der Waals surface area contributed by atoms with Gasteiger partial charge >= 0.3 is 0 Å². The molecule has 1 atom stereocenters. The second-order valence-electron chi connectivity index (χ2n) is 5.75. The van der Waals surface area contributed by atoms with Crippen molar-refractivity contribution in [1.82, 2.24) is 14.9 Å². The molecule has 1 heterocycles. The number of hydrogen-bond donors (Lipinski definition) is 1. The van der Waals surface area contributed by atoms with Crippen molar-refractivity contribution >= 4 is 16.9 Å². The Morgan fingerprint density at radius 2 is 1.88 bits per heavy atom. The SMILES string of the molecule is COCC(=O)NC(C)c1nc2ccccc2n1Cc1ccccc1. The third kappa shape index (κ3) is 3.46. The predicted octanol–water partition coefficient (Wildman–Crippen LogP) is 2.91. The molecule has 0 bridgehead atoms. The smallest absolute Gasteiger partial charge is 0.246 e. The number of hydrogen-bond acceptors (Lipinski definition) is 3. The van der Waals surface area contributed by atoms with E-state index < -0.39 is 0 Å². The fraction of sp³-hybridized carbons (Fsp3) is 0.263. The maximum Gasteiger partial charge on any atom is 0.246 e. The second kappa shape index (κ2) is 7.27. The van der Waals surface area contributed by atoms with Crippen LogP contribution in [0.1, 0.15) is 24.4 Å². The molecular formula is C19H21N3O2. The van der Waals surface area contributed by atoms with Crippen LogP contribution < -0.4 is 5.32 Å². The van der Waals surface area contributed by atoms with Crippen LogP contribution in [0.2, 0.25) is 0 Å². The minimum Gasteiger partial charge on any atom is -0.375 e. The van der Waals surface area contributed by atoms with Crippen LogP contribution in [0.3, 0.4) is 0 Å². The number of benzene rings is 2. The number of methoxy groups -OCH3 is 1. The first-order valence-electron chi connectivity index (χ1n) is 7.96. The molecule has 1 N–H and O–H groups in total. The molecular weight excluding hydrogens is 302 g/mol. The molecule has 0 aliphatic rings. The van der Waals surface area contributed by atoms with Gasteiger partial charge in [-0.1, -0.05) is 42.5 Å². The number of aromatic nitrogens is 2. The summed E-state index contributed by atoms with van der Waals surface area (Å²) in [6, 6.07) is 18.1. The molecule has 0 aliphatic heterocycles. The number of nitrogens with zero attached hydrogens (tertiary/aromatic N) is 2. The highest BCUT2D eigenvalue weighted by Crippen LogP contribution is 2.22. The highest BCUT2D eigenvalue weighted by atomic mass is 16.5. The minimum absolute atomic E-state index is 0.0449. The van der Waals surface area contributed by atoms with Crippen LogP contribution in [-0.2, 0) is 16.1 Å². The van der Waals surface area contributed by atoms with Crippen LogP contribution in [0.4, 0.5) is 0 Å². The van der Waals surface area contributed by atoms with Crippen LogP contribution >= 0.6 is 0 Å². The topological polar surface area (TPSA) is 56.1 Å². The molecule has 0 aliphatic carbocycles. The van der Waals surface area contributed by atoms with Gasteiger partial charge in [0.05, 0.1) is 17.1 Å². The van der Waals surface area contributed by atoms with Crippen molar-refractivity contribution in [1.29, 1.82) is 0 Å². The van der Waals surface area contributed by atoms with Crippen LogP contribution in [-0.4, -0.2) is 29.2 Å². The second-order valence-corrected chi connectivity index (χ2v) is 5.75. The average molecular weight is 323 g/mol. The molecule has 24 heavy (non-hydrogen) atoms.